The maximum Gasteiger partial charge on any atom is 0.183 e. The first kappa shape index (κ1) is 24.4. The summed E-state index contributed by atoms with van der Waals surface area (Å²) in [6, 6.07) is 14.0. The topological polar surface area (TPSA) is 18.5 Å². The maximum absolute atomic E-state index is 15.0. The Morgan fingerprint density at radius 3 is 2.09 bits per heavy atom. The molecule has 1 saturated carbocycles. The van der Waals surface area contributed by atoms with E-state index >= 15 is 4.39 Å². The Labute approximate surface area is 199 Å². The van der Waals surface area contributed by atoms with E-state index < -0.39 is 6.29 Å². The van der Waals surface area contributed by atoms with Crippen molar-refractivity contribution in [2.24, 2.45) is 11.8 Å². The fourth-order valence-corrected chi connectivity index (χ4v) is 5.62. The van der Waals surface area contributed by atoms with Gasteiger partial charge in [0.1, 0.15) is 5.82 Å². The molecular weight excluding hydrogens is 411 g/mol. The van der Waals surface area contributed by atoms with Crippen molar-refractivity contribution in [3.05, 3.63) is 59.4 Å². The molecule has 0 atom stereocenters. The fraction of sp³-hybridized carbons (Fsp3) is 0.600. The number of halogens is 1. The molecule has 0 radical (unpaired) electrons. The first-order chi connectivity index (χ1) is 16.2. The Morgan fingerprint density at radius 2 is 1.45 bits per heavy atom. The molecule has 2 aliphatic rings. The lowest BCUT2D eigenvalue weighted by Crippen LogP contribution is -2.27. The van der Waals surface area contributed by atoms with Crippen LogP contribution in [0.15, 0.2) is 42.5 Å². The minimum Gasteiger partial charge on any atom is -0.348 e. The van der Waals surface area contributed by atoms with Crippen molar-refractivity contribution in [2.45, 2.75) is 90.3 Å². The number of unbranched alkanes of at least 4 members (excludes halogenated alkanes) is 2. The van der Waals surface area contributed by atoms with Crippen LogP contribution < -0.4 is 0 Å². The van der Waals surface area contributed by atoms with Crippen molar-refractivity contribution in [3.63, 3.8) is 0 Å². The first-order valence-electron chi connectivity index (χ1n) is 13.3. The van der Waals surface area contributed by atoms with Crippen LogP contribution in [-0.2, 0) is 9.47 Å². The van der Waals surface area contributed by atoms with Crippen LogP contribution in [0.3, 0.4) is 0 Å². The predicted octanol–water partition coefficient (Wildman–Crippen LogP) is 8.81. The van der Waals surface area contributed by atoms with Crippen molar-refractivity contribution in [3.8, 4) is 11.1 Å². The van der Waals surface area contributed by atoms with E-state index in [4.69, 9.17) is 9.47 Å². The van der Waals surface area contributed by atoms with Crippen LogP contribution in [0.25, 0.3) is 11.1 Å². The molecule has 0 bridgehead atoms. The van der Waals surface area contributed by atoms with Gasteiger partial charge in [-0.15, -0.1) is 0 Å². The second-order valence-electron chi connectivity index (χ2n) is 10.2. The van der Waals surface area contributed by atoms with E-state index in [1.165, 1.54) is 63.4 Å². The predicted molar refractivity (Wildman–Crippen MR) is 134 cm³/mol. The summed E-state index contributed by atoms with van der Waals surface area (Å²) in [7, 11) is 0. The highest BCUT2D eigenvalue weighted by molar-refractivity contribution is 5.65. The zero-order valence-corrected chi connectivity index (χ0v) is 20.5. The zero-order valence-electron chi connectivity index (χ0n) is 20.5. The minimum atomic E-state index is -0.457. The van der Waals surface area contributed by atoms with E-state index in [0.29, 0.717) is 30.6 Å². The van der Waals surface area contributed by atoms with Gasteiger partial charge in [0, 0.05) is 17.0 Å². The van der Waals surface area contributed by atoms with Crippen molar-refractivity contribution in [1.82, 2.24) is 0 Å². The average Bonchev–Trinajstić information content (AvgIpc) is 2.85. The number of hydrogen-bond donors (Lipinski definition) is 0. The number of hydrogen-bond acceptors (Lipinski definition) is 2. The lowest BCUT2D eigenvalue weighted by atomic mass is 9.77. The van der Waals surface area contributed by atoms with Gasteiger partial charge in [0.2, 0.25) is 0 Å². The molecular formula is C30H41FO2. The summed E-state index contributed by atoms with van der Waals surface area (Å²) in [5, 5.41) is 0. The molecule has 0 amide bonds. The summed E-state index contributed by atoms with van der Waals surface area (Å²) in [6.07, 6.45) is 12.3. The summed E-state index contributed by atoms with van der Waals surface area (Å²) < 4.78 is 26.9. The molecule has 3 heteroatoms. The van der Waals surface area contributed by atoms with Gasteiger partial charge in [0.05, 0.1) is 13.2 Å². The van der Waals surface area contributed by atoms with E-state index in [2.05, 4.69) is 38.1 Å². The van der Waals surface area contributed by atoms with Crippen LogP contribution in [0.5, 0.6) is 0 Å². The van der Waals surface area contributed by atoms with Crippen molar-refractivity contribution in [1.29, 1.82) is 0 Å². The number of benzene rings is 2. The molecule has 1 aliphatic heterocycles. The molecule has 4 rings (SSSR count). The highest BCUT2D eigenvalue weighted by Crippen LogP contribution is 2.38. The lowest BCUT2D eigenvalue weighted by molar-refractivity contribution is -0.206. The quantitative estimate of drug-likeness (QED) is 0.354. The Hall–Kier alpha value is -1.71. The van der Waals surface area contributed by atoms with E-state index in [0.717, 1.165) is 23.5 Å². The minimum absolute atomic E-state index is 0.211. The third-order valence-corrected chi connectivity index (χ3v) is 7.68. The summed E-state index contributed by atoms with van der Waals surface area (Å²) in [5.41, 5.74) is 3.75. The van der Waals surface area contributed by atoms with Crippen molar-refractivity contribution in [2.75, 3.05) is 13.2 Å². The molecule has 2 fully saturated rings. The van der Waals surface area contributed by atoms with Gasteiger partial charge in [0.25, 0.3) is 0 Å². The van der Waals surface area contributed by atoms with Crippen LogP contribution in [0.2, 0.25) is 0 Å². The zero-order chi connectivity index (χ0) is 23.0. The van der Waals surface area contributed by atoms with Gasteiger partial charge in [-0.1, -0.05) is 82.3 Å². The van der Waals surface area contributed by atoms with Gasteiger partial charge in [-0.25, -0.2) is 4.39 Å². The van der Waals surface area contributed by atoms with Crippen LogP contribution in [0.4, 0.5) is 4.39 Å². The van der Waals surface area contributed by atoms with E-state index in [9.17, 15) is 0 Å². The Kier molecular flexibility index (Phi) is 8.97. The first-order valence-corrected chi connectivity index (χ1v) is 13.3. The molecule has 1 aliphatic carbocycles. The van der Waals surface area contributed by atoms with Gasteiger partial charge >= 0.3 is 0 Å². The SMILES string of the molecule is CCCCCC1COC(c2ccc(-c3ccc([C@H]4CC[C@H](CCC)CC4)cc3)c(F)c2)OC1. The van der Waals surface area contributed by atoms with Crippen molar-refractivity contribution < 1.29 is 13.9 Å². The molecule has 2 aromatic rings. The Balaban J connectivity index is 1.34. The van der Waals surface area contributed by atoms with Crippen LogP contribution in [-0.4, -0.2) is 13.2 Å². The highest BCUT2D eigenvalue weighted by Gasteiger charge is 2.25. The monoisotopic (exact) mass is 452 g/mol. The number of ether oxygens (including phenoxy) is 2. The van der Waals surface area contributed by atoms with Gasteiger partial charge in [0.15, 0.2) is 6.29 Å². The van der Waals surface area contributed by atoms with Gasteiger partial charge in [-0.05, 0) is 61.1 Å². The Morgan fingerprint density at radius 1 is 0.758 bits per heavy atom. The molecule has 0 spiro atoms. The standard InChI is InChI=1S/C30H41FO2/c1-3-5-6-8-23-20-32-30(33-21-23)27-17-18-28(29(31)19-27)26-15-13-25(14-16-26)24-11-9-22(7-4-2)10-12-24/h13-19,22-24,30H,3-12,20-21H2,1-2H3/t22-,23?,24-,30?. The summed E-state index contributed by atoms with van der Waals surface area (Å²) in [6.45, 7) is 5.89. The van der Waals surface area contributed by atoms with Gasteiger partial charge in [-0.2, -0.15) is 0 Å². The van der Waals surface area contributed by atoms with Crippen LogP contribution >= 0.6 is 0 Å². The summed E-state index contributed by atoms with van der Waals surface area (Å²) in [5.74, 6) is 1.82. The molecule has 2 nitrogen and oxygen atoms in total. The average molecular weight is 453 g/mol. The van der Waals surface area contributed by atoms with Gasteiger partial charge in [-0.3, -0.25) is 0 Å². The van der Waals surface area contributed by atoms with Crippen LogP contribution in [0.1, 0.15) is 101 Å². The lowest BCUT2D eigenvalue weighted by Gasteiger charge is -2.30. The molecule has 33 heavy (non-hydrogen) atoms. The maximum atomic E-state index is 15.0. The number of rotatable bonds is 9. The fourth-order valence-electron chi connectivity index (χ4n) is 5.62. The van der Waals surface area contributed by atoms with E-state index in [1.807, 2.05) is 12.1 Å². The van der Waals surface area contributed by atoms with E-state index in [-0.39, 0.29) is 5.82 Å². The molecule has 180 valence electrons. The third kappa shape index (κ3) is 6.45. The molecule has 1 saturated heterocycles. The molecule has 0 unspecified atom stereocenters. The Bertz CT molecular complexity index is 846. The largest absolute Gasteiger partial charge is 0.348 e. The van der Waals surface area contributed by atoms with Crippen molar-refractivity contribution >= 4 is 0 Å². The highest BCUT2D eigenvalue weighted by atomic mass is 19.1. The second kappa shape index (κ2) is 12.1. The molecule has 1 heterocycles. The van der Waals surface area contributed by atoms with E-state index in [1.54, 1.807) is 6.07 Å². The second-order valence-corrected chi connectivity index (χ2v) is 10.2. The van der Waals surface area contributed by atoms with Gasteiger partial charge < -0.3 is 9.47 Å². The molecule has 0 N–H and O–H groups in total. The molecule has 2 aromatic carbocycles. The normalized spacial score (nSPS) is 25.8. The summed E-state index contributed by atoms with van der Waals surface area (Å²) >= 11 is 0. The van der Waals surface area contributed by atoms with Crippen LogP contribution in [0, 0.1) is 17.7 Å². The third-order valence-electron chi connectivity index (χ3n) is 7.68. The smallest absolute Gasteiger partial charge is 0.183 e. The molecule has 0 aromatic heterocycles. The summed E-state index contributed by atoms with van der Waals surface area (Å²) in [4.78, 5) is 0.